The van der Waals surface area contributed by atoms with Crippen LogP contribution in [0.3, 0.4) is 0 Å². The lowest BCUT2D eigenvalue weighted by molar-refractivity contribution is 0.122. The van der Waals surface area contributed by atoms with E-state index in [1.807, 2.05) is 0 Å². The van der Waals surface area contributed by atoms with Gasteiger partial charge in [0.1, 0.15) is 5.75 Å². The SMILES string of the molecule is Cc1ccc2c(c1)C(C)(C)c1c3c(c4ccccc4c1-2)OC(c1ccc(N2CCOCC2)cc1)(c1ccc2c(c1)C(c1ccccc1)(c1ccccc1)c1ccccc1-2)C=C3. The van der Waals surface area contributed by atoms with Crippen LogP contribution in [0, 0.1) is 6.92 Å². The molecule has 1 atom stereocenters. The van der Waals surface area contributed by atoms with Gasteiger partial charge in [-0.2, -0.15) is 0 Å². The zero-order valence-corrected chi connectivity index (χ0v) is 34.9. The molecule has 4 aliphatic rings. The molecule has 0 N–H and O–H groups in total. The molecule has 0 bridgehead atoms. The van der Waals surface area contributed by atoms with E-state index in [2.05, 4.69) is 208 Å². The number of hydrogen-bond donors (Lipinski definition) is 0. The van der Waals surface area contributed by atoms with Gasteiger partial charge in [0.05, 0.1) is 18.6 Å². The summed E-state index contributed by atoms with van der Waals surface area (Å²) in [6.45, 7) is 10.2. The first kappa shape index (κ1) is 36.2. The molecule has 0 saturated carbocycles. The molecule has 0 spiro atoms. The summed E-state index contributed by atoms with van der Waals surface area (Å²) in [6.07, 6.45) is 4.75. The molecule has 296 valence electrons. The van der Waals surface area contributed by atoms with E-state index in [4.69, 9.17) is 9.47 Å². The standard InChI is InChI=1S/C58H47NO2/c1-38-22-28-48-51(36-38)56(2,3)54-49-30-31-57(61-55(49)47-20-11-10-19-46(47)53(48)54,39-23-26-43(27-24-39)59-32-34-60-35-33-59)42-25-29-45-44-18-12-13-21-50(44)58(52(45)37-42,40-14-6-4-7-15-40)41-16-8-5-9-17-41/h4-31,36-37H,32-35H2,1-3H3. The van der Waals surface area contributed by atoms with Crippen molar-refractivity contribution in [2.75, 3.05) is 31.2 Å². The zero-order valence-electron chi connectivity index (χ0n) is 34.9. The number of hydrogen-bond acceptors (Lipinski definition) is 3. The summed E-state index contributed by atoms with van der Waals surface area (Å²) in [7, 11) is 0. The van der Waals surface area contributed by atoms with Crippen molar-refractivity contribution < 1.29 is 9.47 Å². The monoisotopic (exact) mass is 789 g/mol. The van der Waals surface area contributed by atoms with E-state index >= 15 is 0 Å². The molecule has 1 fully saturated rings. The first-order chi connectivity index (χ1) is 29.9. The average molecular weight is 790 g/mol. The predicted molar refractivity (Wildman–Crippen MR) is 250 cm³/mol. The Morgan fingerprint density at radius 2 is 1.15 bits per heavy atom. The van der Waals surface area contributed by atoms with Crippen LogP contribution >= 0.6 is 0 Å². The molecule has 1 unspecified atom stereocenters. The smallest absolute Gasteiger partial charge is 0.178 e. The molecule has 0 aromatic heterocycles. The van der Waals surface area contributed by atoms with Crippen LogP contribution in [-0.4, -0.2) is 26.3 Å². The van der Waals surface area contributed by atoms with Crippen LogP contribution in [0.2, 0.25) is 0 Å². The Kier molecular flexibility index (Phi) is 7.96. The minimum atomic E-state index is -0.942. The van der Waals surface area contributed by atoms with E-state index in [-0.39, 0.29) is 5.41 Å². The van der Waals surface area contributed by atoms with Crippen molar-refractivity contribution in [2.24, 2.45) is 0 Å². The molecule has 2 heterocycles. The predicted octanol–water partition coefficient (Wildman–Crippen LogP) is 13.0. The third-order valence-electron chi connectivity index (χ3n) is 14.3. The van der Waals surface area contributed by atoms with Crippen molar-refractivity contribution in [3.8, 4) is 28.0 Å². The Morgan fingerprint density at radius 1 is 0.525 bits per heavy atom. The summed E-state index contributed by atoms with van der Waals surface area (Å²) in [6, 6.07) is 63.3. The lowest BCUT2D eigenvalue weighted by Crippen LogP contribution is -2.37. The second kappa shape index (κ2) is 13.4. The third-order valence-corrected chi connectivity index (χ3v) is 14.3. The summed E-state index contributed by atoms with van der Waals surface area (Å²) in [5.41, 5.74) is 17.1. The van der Waals surface area contributed by atoms with E-state index in [1.54, 1.807) is 0 Å². The van der Waals surface area contributed by atoms with Gasteiger partial charge >= 0.3 is 0 Å². The maximum atomic E-state index is 7.93. The van der Waals surface area contributed by atoms with Gasteiger partial charge in [0, 0.05) is 46.3 Å². The van der Waals surface area contributed by atoms with Gasteiger partial charge in [-0.3, -0.25) is 0 Å². The summed E-state index contributed by atoms with van der Waals surface area (Å²) in [5.74, 6) is 0.938. The average Bonchev–Trinajstić information content (AvgIpc) is 3.75. The number of aryl methyl sites for hydroxylation is 1. The highest BCUT2D eigenvalue weighted by molar-refractivity contribution is 6.08. The highest BCUT2D eigenvalue weighted by Gasteiger charge is 2.49. The summed E-state index contributed by atoms with van der Waals surface area (Å²) >= 11 is 0. The second-order valence-electron chi connectivity index (χ2n) is 17.8. The fourth-order valence-corrected chi connectivity index (χ4v) is 11.4. The van der Waals surface area contributed by atoms with E-state index in [9.17, 15) is 0 Å². The molecule has 3 nitrogen and oxygen atoms in total. The van der Waals surface area contributed by atoms with Gasteiger partial charge < -0.3 is 14.4 Å². The van der Waals surface area contributed by atoms with Crippen molar-refractivity contribution in [3.63, 3.8) is 0 Å². The van der Waals surface area contributed by atoms with Crippen LogP contribution in [0.5, 0.6) is 5.75 Å². The molecule has 2 aliphatic heterocycles. The topological polar surface area (TPSA) is 21.7 Å². The molecule has 8 aromatic rings. The van der Waals surface area contributed by atoms with Crippen molar-refractivity contribution in [1.29, 1.82) is 0 Å². The molecule has 12 rings (SSSR count). The maximum Gasteiger partial charge on any atom is 0.178 e. The number of fused-ring (bicyclic) bond motifs is 11. The van der Waals surface area contributed by atoms with Crippen LogP contribution in [0.25, 0.3) is 39.1 Å². The van der Waals surface area contributed by atoms with Gasteiger partial charge in [-0.25, -0.2) is 0 Å². The van der Waals surface area contributed by atoms with E-state index in [0.717, 1.165) is 48.6 Å². The molecule has 61 heavy (non-hydrogen) atoms. The molecule has 3 heteroatoms. The highest BCUT2D eigenvalue weighted by Crippen LogP contribution is 2.60. The Labute approximate surface area is 358 Å². The molecular weight excluding hydrogens is 743 g/mol. The first-order valence-corrected chi connectivity index (χ1v) is 21.8. The first-order valence-electron chi connectivity index (χ1n) is 21.8. The summed E-state index contributed by atoms with van der Waals surface area (Å²) in [4.78, 5) is 2.42. The lowest BCUT2D eigenvalue weighted by atomic mass is 9.67. The number of benzene rings is 8. The molecule has 0 radical (unpaired) electrons. The normalized spacial score (nSPS) is 18.8. The van der Waals surface area contributed by atoms with E-state index in [1.165, 1.54) is 77.8 Å². The number of nitrogens with zero attached hydrogens (tertiary/aromatic N) is 1. The van der Waals surface area contributed by atoms with Crippen molar-refractivity contribution in [1.82, 2.24) is 0 Å². The lowest BCUT2D eigenvalue weighted by Gasteiger charge is -2.40. The quantitative estimate of drug-likeness (QED) is 0.173. The van der Waals surface area contributed by atoms with E-state index in [0.29, 0.717) is 0 Å². The van der Waals surface area contributed by atoms with Gasteiger partial charge in [0.15, 0.2) is 5.60 Å². The van der Waals surface area contributed by atoms with Crippen molar-refractivity contribution >= 4 is 22.5 Å². The minimum Gasteiger partial charge on any atom is -0.472 e. The minimum absolute atomic E-state index is 0.220. The van der Waals surface area contributed by atoms with Gasteiger partial charge in [-0.15, -0.1) is 0 Å². The number of rotatable bonds is 5. The largest absolute Gasteiger partial charge is 0.472 e. The molecule has 1 saturated heterocycles. The van der Waals surface area contributed by atoms with Gasteiger partial charge in [-0.05, 0) is 92.2 Å². The Bertz CT molecular complexity index is 3030. The van der Waals surface area contributed by atoms with Gasteiger partial charge in [0.25, 0.3) is 0 Å². The van der Waals surface area contributed by atoms with Crippen molar-refractivity contribution in [3.05, 3.63) is 232 Å². The molecule has 2 aliphatic carbocycles. The second-order valence-corrected chi connectivity index (χ2v) is 17.8. The van der Waals surface area contributed by atoms with Gasteiger partial charge in [-0.1, -0.05) is 177 Å². The summed E-state index contributed by atoms with van der Waals surface area (Å²) < 4.78 is 13.7. The Balaban J connectivity index is 1.13. The van der Waals surface area contributed by atoms with Crippen LogP contribution in [0.15, 0.2) is 176 Å². The van der Waals surface area contributed by atoms with Gasteiger partial charge in [0.2, 0.25) is 0 Å². The highest BCUT2D eigenvalue weighted by atomic mass is 16.5. The molecule has 8 aromatic carbocycles. The van der Waals surface area contributed by atoms with Crippen molar-refractivity contribution in [2.45, 2.75) is 37.2 Å². The van der Waals surface area contributed by atoms with Crippen LogP contribution in [0.1, 0.15) is 69.5 Å². The number of morpholine rings is 1. The number of ether oxygens (including phenoxy) is 2. The summed E-state index contributed by atoms with van der Waals surface area (Å²) in [5, 5.41) is 2.37. The number of anilines is 1. The fourth-order valence-electron chi connectivity index (χ4n) is 11.4. The third kappa shape index (κ3) is 5.08. The van der Waals surface area contributed by atoms with E-state index < -0.39 is 11.0 Å². The van der Waals surface area contributed by atoms with Crippen LogP contribution in [0.4, 0.5) is 5.69 Å². The Hall–Kier alpha value is -6.68. The molecular formula is C58H47NO2. The Morgan fingerprint density at radius 3 is 1.89 bits per heavy atom. The van der Waals surface area contributed by atoms with Crippen LogP contribution < -0.4 is 9.64 Å². The zero-order chi connectivity index (χ0) is 40.9. The fraction of sp³-hybridized carbons (Fsp3) is 0.172. The molecule has 0 amide bonds. The maximum absolute atomic E-state index is 7.93. The van der Waals surface area contributed by atoms with Crippen LogP contribution in [-0.2, 0) is 21.2 Å².